The predicted molar refractivity (Wildman–Crippen MR) is 73.1 cm³/mol. The molecule has 0 aliphatic heterocycles. The first-order chi connectivity index (χ1) is 9.26. The van der Waals surface area contributed by atoms with Crippen LogP contribution in [0.2, 0.25) is 0 Å². The summed E-state index contributed by atoms with van der Waals surface area (Å²) in [7, 11) is 2.83. The number of nitrogens with two attached hydrogens (primary N) is 1. The zero-order chi connectivity index (χ0) is 15.5. The van der Waals surface area contributed by atoms with Gasteiger partial charge >= 0.3 is 5.97 Å². The molecular formula is C14H20FNO4. The van der Waals surface area contributed by atoms with Crippen LogP contribution in [0.4, 0.5) is 4.39 Å². The highest BCUT2D eigenvalue weighted by molar-refractivity contribution is 5.78. The maximum atomic E-state index is 14.3. The van der Waals surface area contributed by atoms with Gasteiger partial charge in [-0.2, -0.15) is 0 Å². The Balaban J connectivity index is 3.54. The normalized spacial score (nSPS) is 12.9. The van der Waals surface area contributed by atoms with E-state index in [0.29, 0.717) is 17.1 Å². The van der Waals surface area contributed by atoms with Gasteiger partial charge in [-0.1, -0.05) is 0 Å². The number of hydrogen-bond donors (Lipinski definition) is 2. The van der Waals surface area contributed by atoms with Crippen LogP contribution < -0.4 is 15.2 Å². The Morgan fingerprint density at radius 1 is 1.35 bits per heavy atom. The summed E-state index contributed by atoms with van der Waals surface area (Å²) in [6.45, 7) is 2.64. The van der Waals surface area contributed by atoms with Gasteiger partial charge in [-0.05, 0) is 19.9 Å². The minimum Gasteiger partial charge on any atom is -0.496 e. The van der Waals surface area contributed by atoms with E-state index in [1.165, 1.54) is 40.2 Å². The lowest BCUT2D eigenvalue weighted by molar-refractivity contribution is -0.138. The predicted octanol–water partition coefficient (Wildman–Crippen LogP) is 2.04. The highest BCUT2D eigenvalue weighted by Gasteiger charge is 2.29. The molecule has 0 fully saturated rings. The maximum absolute atomic E-state index is 14.3. The van der Waals surface area contributed by atoms with Crippen molar-refractivity contribution in [2.45, 2.75) is 25.4 Å². The molecule has 3 N–H and O–H groups in total. The largest absolute Gasteiger partial charge is 0.496 e. The third-order valence-corrected chi connectivity index (χ3v) is 3.10. The van der Waals surface area contributed by atoms with E-state index < -0.39 is 17.6 Å². The van der Waals surface area contributed by atoms with Gasteiger partial charge in [-0.25, -0.2) is 4.39 Å². The van der Waals surface area contributed by atoms with E-state index in [4.69, 9.17) is 15.2 Å². The van der Waals surface area contributed by atoms with E-state index >= 15 is 0 Å². The summed E-state index contributed by atoms with van der Waals surface area (Å²) in [4.78, 5) is 11.3. The number of carboxylic acids is 1. The number of carboxylic acid groups (broad SMARTS) is 1. The van der Waals surface area contributed by atoms with Crippen LogP contribution in [0.5, 0.6) is 11.5 Å². The number of aliphatic carboxylic acids is 1. The van der Waals surface area contributed by atoms with Crippen molar-refractivity contribution in [1.82, 2.24) is 0 Å². The van der Waals surface area contributed by atoms with E-state index in [1.54, 1.807) is 0 Å². The Morgan fingerprint density at radius 3 is 2.25 bits per heavy atom. The molecular weight excluding hydrogens is 265 g/mol. The fourth-order valence-electron chi connectivity index (χ4n) is 2.02. The molecule has 1 unspecified atom stereocenters. The number of ether oxygens (including phenoxy) is 2. The van der Waals surface area contributed by atoms with Gasteiger partial charge in [0.1, 0.15) is 17.2 Å². The van der Waals surface area contributed by atoms with Crippen molar-refractivity contribution in [1.29, 1.82) is 0 Å². The van der Waals surface area contributed by atoms with Gasteiger partial charge < -0.3 is 20.3 Å². The Morgan fingerprint density at radius 2 is 1.90 bits per heavy atom. The second kappa shape index (κ2) is 6.09. The summed E-state index contributed by atoms with van der Waals surface area (Å²) in [6, 6.07) is 2.93. The highest BCUT2D eigenvalue weighted by Crippen LogP contribution is 2.39. The molecule has 0 aliphatic rings. The Labute approximate surface area is 117 Å². The molecule has 0 saturated carbocycles. The summed E-state index contributed by atoms with van der Waals surface area (Å²) < 4.78 is 24.6. The smallest absolute Gasteiger partial charge is 0.312 e. The molecule has 20 heavy (non-hydrogen) atoms. The summed E-state index contributed by atoms with van der Waals surface area (Å²) >= 11 is 0. The molecule has 6 heteroatoms. The van der Waals surface area contributed by atoms with Crippen LogP contribution in [0.25, 0.3) is 0 Å². The summed E-state index contributed by atoms with van der Waals surface area (Å²) in [5, 5.41) is 9.21. The lowest BCUT2D eigenvalue weighted by atomic mass is 9.90. The molecule has 112 valence electrons. The molecule has 0 aliphatic carbocycles. The number of rotatable bonds is 6. The SMILES string of the molecule is COc1cc(OC)c(C(C)(C)F)cc1C(CN)C(=O)O. The average molecular weight is 285 g/mol. The zero-order valence-electron chi connectivity index (χ0n) is 12.1. The molecule has 5 nitrogen and oxygen atoms in total. The first-order valence-corrected chi connectivity index (χ1v) is 6.14. The number of alkyl halides is 1. The minimum atomic E-state index is -1.68. The molecule has 0 radical (unpaired) electrons. The Hall–Kier alpha value is -1.82. The van der Waals surface area contributed by atoms with Crippen molar-refractivity contribution in [3.05, 3.63) is 23.3 Å². The lowest BCUT2D eigenvalue weighted by Crippen LogP contribution is -2.23. The minimum absolute atomic E-state index is 0.107. The molecule has 1 atom stereocenters. The van der Waals surface area contributed by atoms with Crippen molar-refractivity contribution < 1.29 is 23.8 Å². The van der Waals surface area contributed by atoms with Crippen LogP contribution in [0.1, 0.15) is 30.9 Å². The number of carbonyl (C=O) groups is 1. The van der Waals surface area contributed by atoms with Crippen molar-refractivity contribution in [3.63, 3.8) is 0 Å². The number of methoxy groups -OCH3 is 2. The number of halogens is 1. The quantitative estimate of drug-likeness (QED) is 0.835. The van der Waals surface area contributed by atoms with E-state index in [2.05, 4.69) is 0 Å². The summed E-state index contributed by atoms with van der Waals surface area (Å²) in [5.41, 5.74) is 4.42. The number of benzene rings is 1. The Bertz CT molecular complexity index is 497. The second-order valence-corrected chi connectivity index (χ2v) is 4.89. The van der Waals surface area contributed by atoms with E-state index in [9.17, 15) is 14.3 Å². The monoisotopic (exact) mass is 285 g/mol. The molecule has 1 aromatic carbocycles. The van der Waals surface area contributed by atoms with Crippen molar-refractivity contribution >= 4 is 5.97 Å². The third kappa shape index (κ3) is 3.19. The second-order valence-electron chi connectivity index (χ2n) is 4.89. The van der Waals surface area contributed by atoms with Crippen LogP contribution in [0.3, 0.4) is 0 Å². The van der Waals surface area contributed by atoms with Crippen LogP contribution in [-0.2, 0) is 10.5 Å². The number of hydrogen-bond acceptors (Lipinski definition) is 4. The molecule has 0 amide bonds. The summed E-state index contributed by atoms with van der Waals surface area (Å²) in [6.07, 6.45) is 0. The highest BCUT2D eigenvalue weighted by atomic mass is 19.1. The first-order valence-electron chi connectivity index (χ1n) is 6.14. The fourth-order valence-corrected chi connectivity index (χ4v) is 2.02. The van der Waals surface area contributed by atoms with Crippen molar-refractivity contribution in [2.75, 3.05) is 20.8 Å². The topological polar surface area (TPSA) is 81.8 Å². The molecule has 0 spiro atoms. The first kappa shape index (κ1) is 16.2. The van der Waals surface area contributed by atoms with Gasteiger partial charge in [0.15, 0.2) is 0 Å². The maximum Gasteiger partial charge on any atom is 0.312 e. The summed E-state index contributed by atoms with van der Waals surface area (Å²) in [5.74, 6) is -1.43. The molecule has 1 aromatic rings. The molecule has 0 heterocycles. The van der Waals surface area contributed by atoms with Gasteiger partial charge in [-0.15, -0.1) is 0 Å². The van der Waals surface area contributed by atoms with Crippen LogP contribution in [-0.4, -0.2) is 31.8 Å². The molecule has 1 rings (SSSR count). The van der Waals surface area contributed by atoms with Crippen LogP contribution in [0, 0.1) is 0 Å². The van der Waals surface area contributed by atoms with Gasteiger partial charge in [-0.3, -0.25) is 4.79 Å². The average Bonchev–Trinajstić information content (AvgIpc) is 2.37. The van der Waals surface area contributed by atoms with Gasteiger partial charge in [0.2, 0.25) is 0 Å². The van der Waals surface area contributed by atoms with Gasteiger partial charge in [0.05, 0.1) is 20.1 Å². The zero-order valence-corrected chi connectivity index (χ0v) is 12.1. The standard InChI is InChI=1S/C14H20FNO4/c1-14(2,15)10-5-8(9(7-16)13(17)18)11(19-3)6-12(10)20-4/h5-6,9H,7,16H2,1-4H3,(H,17,18). The van der Waals surface area contributed by atoms with Crippen LogP contribution >= 0.6 is 0 Å². The van der Waals surface area contributed by atoms with E-state index in [1.807, 2.05) is 0 Å². The van der Waals surface area contributed by atoms with Crippen molar-refractivity contribution in [2.24, 2.45) is 5.73 Å². The molecule has 0 aromatic heterocycles. The Kier molecular flexibility index (Phi) is 4.94. The van der Waals surface area contributed by atoms with E-state index in [-0.39, 0.29) is 12.1 Å². The van der Waals surface area contributed by atoms with Crippen LogP contribution in [0.15, 0.2) is 12.1 Å². The lowest BCUT2D eigenvalue weighted by Gasteiger charge is -2.23. The molecule has 0 bridgehead atoms. The van der Waals surface area contributed by atoms with Gasteiger partial charge in [0.25, 0.3) is 0 Å². The molecule has 0 saturated heterocycles. The van der Waals surface area contributed by atoms with Crippen molar-refractivity contribution in [3.8, 4) is 11.5 Å². The fraction of sp³-hybridized carbons (Fsp3) is 0.500. The van der Waals surface area contributed by atoms with E-state index in [0.717, 1.165) is 0 Å². The van der Waals surface area contributed by atoms with Gasteiger partial charge in [0, 0.05) is 23.7 Å². The third-order valence-electron chi connectivity index (χ3n) is 3.10.